The molecule has 1 aliphatic heterocycles. The Morgan fingerprint density at radius 1 is 0.675 bits per heavy atom. The summed E-state index contributed by atoms with van der Waals surface area (Å²) in [5.41, 5.74) is 15.7. The minimum atomic E-state index is 0. The average molecular weight is 572 g/mol. The molecule has 1 aliphatic carbocycles. The molecular weight excluding hydrogens is 538 g/mol. The molecule has 0 atom stereocenters. The molecule has 9 heteroatoms. The predicted octanol–water partition coefficient (Wildman–Crippen LogP) is 2.24. The summed E-state index contributed by atoms with van der Waals surface area (Å²) < 4.78 is 3.34. The van der Waals surface area contributed by atoms with Gasteiger partial charge in [0, 0.05) is 57.4 Å². The van der Waals surface area contributed by atoms with Crippen molar-refractivity contribution in [1.29, 1.82) is 0 Å². The first kappa shape index (κ1) is 29.0. The number of hydrogen-bond acceptors (Lipinski definition) is 7. The Kier molecular flexibility index (Phi) is 8.42. The molecule has 0 spiro atoms. The lowest BCUT2D eigenvalue weighted by Gasteiger charge is -2.13. The number of hydrogen-bond donors (Lipinski definition) is 1. The summed E-state index contributed by atoms with van der Waals surface area (Å²) in [6.07, 6.45) is 0. The number of halogens is 1. The van der Waals surface area contributed by atoms with Gasteiger partial charge in [0.05, 0.1) is 42.9 Å². The maximum atomic E-state index is 5.93. The van der Waals surface area contributed by atoms with Crippen LogP contribution in [0.5, 0.6) is 0 Å². The van der Waals surface area contributed by atoms with Gasteiger partial charge in [0.1, 0.15) is 14.1 Å². The Morgan fingerprint density at radius 3 is 1.95 bits per heavy atom. The summed E-state index contributed by atoms with van der Waals surface area (Å²) in [6, 6.07) is 22.8. The van der Waals surface area contributed by atoms with E-state index in [2.05, 4.69) is 88.9 Å². The average Bonchev–Trinajstić information content (AvgIpc) is 2.90. The highest BCUT2D eigenvalue weighted by atomic mass is 35.5. The zero-order chi connectivity index (χ0) is 27.8. The molecule has 0 radical (unpaired) electrons. The van der Waals surface area contributed by atoms with E-state index in [1.807, 2.05) is 51.4 Å². The first-order chi connectivity index (χ1) is 18.6. The van der Waals surface area contributed by atoms with Crippen molar-refractivity contribution in [2.75, 3.05) is 57.8 Å². The third kappa shape index (κ3) is 5.93. The van der Waals surface area contributed by atoms with Crippen molar-refractivity contribution in [1.82, 2.24) is 19.5 Å². The second kappa shape index (κ2) is 11.6. The Labute approximate surface area is 245 Å². The van der Waals surface area contributed by atoms with Gasteiger partial charge >= 0.3 is 0 Å². The van der Waals surface area contributed by atoms with Gasteiger partial charge in [0.2, 0.25) is 5.36 Å². The van der Waals surface area contributed by atoms with Crippen LogP contribution in [0.15, 0.2) is 66.7 Å². The van der Waals surface area contributed by atoms with Crippen LogP contribution >= 0.6 is 11.3 Å². The van der Waals surface area contributed by atoms with E-state index in [0.29, 0.717) is 0 Å². The molecule has 2 aliphatic rings. The van der Waals surface area contributed by atoms with E-state index < -0.39 is 0 Å². The van der Waals surface area contributed by atoms with Gasteiger partial charge in [-0.25, -0.2) is 19.5 Å². The van der Waals surface area contributed by atoms with Crippen molar-refractivity contribution in [2.45, 2.75) is 6.92 Å². The van der Waals surface area contributed by atoms with Crippen LogP contribution in [0.3, 0.4) is 0 Å². The van der Waals surface area contributed by atoms with Crippen molar-refractivity contribution in [3.63, 3.8) is 0 Å². The number of aromatic nitrogens is 3. The van der Waals surface area contributed by atoms with Crippen molar-refractivity contribution < 1.29 is 12.4 Å². The smallest absolute Gasteiger partial charge is 0.201 e. The van der Waals surface area contributed by atoms with Crippen LogP contribution < -0.4 is 37.9 Å². The Morgan fingerprint density at radius 2 is 1.27 bits per heavy atom. The highest BCUT2D eigenvalue weighted by molar-refractivity contribution is 7.21. The Balaban J connectivity index is 0.000000181. The molecule has 0 saturated heterocycles. The number of nitrogens with two attached hydrogens (primary N) is 1. The van der Waals surface area contributed by atoms with Crippen LogP contribution in [0.2, 0.25) is 0 Å². The molecule has 206 valence electrons. The van der Waals surface area contributed by atoms with Gasteiger partial charge in [0.15, 0.2) is 0 Å². The van der Waals surface area contributed by atoms with Crippen molar-refractivity contribution in [3.05, 3.63) is 77.7 Å². The van der Waals surface area contributed by atoms with E-state index in [1.165, 1.54) is 20.6 Å². The summed E-state index contributed by atoms with van der Waals surface area (Å²) in [5.74, 6) is 0. The lowest BCUT2D eigenvalue weighted by Crippen LogP contribution is -3.00. The molecule has 40 heavy (non-hydrogen) atoms. The lowest BCUT2D eigenvalue weighted by atomic mass is 10.1. The highest BCUT2D eigenvalue weighted by Crippen LogP contribution is 2.31. The zero-order valence-corrected chi connectivity index (χ0v) is 25.5. The Bertz CT molecular complexity index is 1870. The monoisotopic (exact) mass is 571 g/mol. The first-order valence-corrected chi connectivity index (χ1v) is 13.6. The van der Waals surface area contributed by atoms with E-state index in [9.17, 15) is 0 Å². The van der Waals surface area contributed by atoms with E-state index in [1.54, 1.807) is 11.3 Å². The number of anilines is 3. The van der Waals surface area contributed by atoms with Gasteiger partial charge < -0.3 is 27.9 Å². The normalized spacial score (nSPS) is 10.8. The number of rotatable bonds is 2. The van der Waals surface area contributed by atoms with Gasteiger partial charge in [-0.3, -0.25) is 0 Å². The summed E-state index contributed by atoms with van der Waals surface area (Å²) in [7, 11) is 12.3. The number of benzene rings is 4. The maximum Gasteiger partial charge on any atom is 0.201 e. The quantitative estimate of drug-likeness (QED) is 0.195. The van der Waals surface area contributed by atoms with Gasteiger partial charge in [-0.2, -0.15) is 0 Å². The van der Waals surface area contributed by atoms with Crippen LogP contribution in [0.1, 0.15) is 5.56 Å². The maximum absolute atomic E-state index is 5.93. The van der Waals surface area contributed by atoms with Crippen molar-refractivity contribution >= 4 is 60.7 Å². The number of nitrogens with zero attached hydrogens (tertiary/aromatic N) is 6. The molecule has 3 aromatic carbocycles. The summed E-state index contributed by atoms with van der Waals surface area (Å²) >= 11 is 1.80. The van der Waals surface area contributed by atoms with Crippen LogP contribution in [0, 0.1) is 6.92 Å². The predicted molar refractivity (Wildman–Crippen MR) is 168 cm³/mol. The van der Waals surface area contributed by atoms with E-state index in [0.717, 1.165) is 50.2 Å². The Hall–Kier alpha value is -4.01. The fourth-order valence-corrected chi connectivity index (χ4v) is 5.30. The SMILES string of the molecule is CN(C)c1ccc2nc3ccc(=[N+](C)C)cc-3sc2c1.Cc1cc2nc3ccc(N(C)C)cc3nc2cc1N.[Cl-]. The molecule has 0 unspecified atom stereocenters. The fourth-order valence-electron chi connectivity index (χ4n) is 4.27. The third-order valence-electron chi connectivity index (χ3n) is 6.70. The zero-order valence-electron chi connectivity index (χ0n) is 23.9. The van der Waals surface area contributed by atoms with E-state index in [4.69, 9.17) is 10.7 Å². The second-order valence-corrected chi connectivity index (χ2v) is 11.4. The minimum absolute atomic E-state index is 0. The minimum Gasteiger partial charge on any atom is -1.00 e. The molecule has 0 amide bonds. The topological polar surface area (TPSA) is 74.2 Å². The highest BCUT2D eigenvalue weighted by Gasteiger charge is 2.10. The molecule has 6 rings (SSSR count). The number of nitrogen functional groups attached to an aromatic ring is 1. The van der Waals surface area contributed by atoms with Crippen molar-refractivity contribution in [3.8, 4) is 10.6 Å². The summed E-state index contributed by atoms with van der Waals surface area (Å²) in [6.45, 7) is 1.98. The van der Waals surface area contributed by atoms with Crippen LogP contribution in [-0.4, -0.2) is 57.2 Å². The number of fused-ring (bicyclic) bond motifs is 4. The first-order valence-electron chi connectivity index (χ1n) is 12.8. The van der Waals surface area contributed by atoms with E-state index >= 15 is 0 Å². The fraction of sp³-hybridized carbons (Fsp3) is 0.226. The standard InChI is InChI=1S/C16H18N3S.C15H16N4.ClH/c1-18(2)11-5-7-13-15(9-11)20-16-10-12(19(3)4)6-8-14(16)17-13;1-9-6-13-15(8-11(9)16)18-14-7-10(19(2)3)4-5-12(14)17-13;/h5-10H,1-4H3;4-8H,16H2,1-3H3;1H/q+1;;/p-1. The molecule has 0 saturated carbocycles. The van der Waals surface area contributed by atoms with Gasteiger partial charge in [-0.1, -0.05) is 0 Å². The summed E-state index contributed by atoms with van der Waals surface area (Å²) in [4.78, 5) is 19.4. The summed E-state index contributed by atoms with van der Waals surface area (Å²) in [5, 5.41) is 1.21. The number of aryl methyl sites for hydroxylation is 1. The third-order valence-corrected chi connectivity index (χ3v) is 7.79. The molecule has 4 aromatic rings. The molecule has 0 bridgehead atoms. The van der Waals surface area contributed by atoms with Gasteiger partial charge in [-0.15, -0.1) is 11.3 Å². The molecule has 2 N–H and O–H groups in total. The molecule has 1 aromatic heterocycles. The molecular formula is C31H34ClN7S. The van der Waals surface area contributed by atoms with Gasteiger partial charge in [-0.05, 0) is 67.1 Å². The van der Waals surface area contributed by atoms with Crippen molar-refractivity contribution in [2.24, 2.45) is 0 Å². The van der Waals surface area contributed by atoms with Crippen LogP contribution in [-0.2, 0) is 0 Å². The van der Waals surface area contributed by atoms with Crippen LogP contribution in [0.25, 0.3) is 42.9 Å². The van der Waals surface area contributed by atoms with Gasteiger partial charge in [0.25, 0.3) is 0 Å². The second-order valence-electron chi connectivity index (χ2n) is 10.3. The van der Waals surface area contributed by atoms with Crippen LogP contribution in [0.4, 0.5) is 17.1 Å². The molecule has 0 fully saturated rings. The molecule has 7 nitrogen and oxygen atoms in total. The largest absolute Gasteiger partial charge is 1.00 e. The lowest BCUT2D eigenvalue weighted by molar-refractivity contribution is -0.00000815. The molecule has 2 heterocycles. The van der Waals surface area contributed by atoms with E-state index in [-0.39, 0.29) is 12.4 Å².